The molecule has 1 fully saturated rings. The zero-order valence-electron chi connectivity index (χ0n) is 13.1. The van der Waals surface area contributed by atoms with Crippen molar-refractivity contribution in [2.24, 2.45) is 11.8 Å². The van der Waals surface area contributed by atoms with Crippen molar-refractivity contribution in [3.05, 3.63) is 23.7 Å². The molecule has 2 heterocycles. The van der Waals surface area contributed by atoms with E-state index in [1.165, 1.54) is 25.7 Å². The van der Waals surface area contributed by atoms with Gasteiger partial charge in [0.25, 0.3) is 0 Å². The highest BCUT2D eigenvalue weighted by molar-refractivity contribution is 6.20. The van der Waals surface area contributed by atoms with Crippen molar-refractivity contribution < 1.29 is 0 Å². The number of halogens is 1. The summed E-state index contributed by atoms with van der Waals surface area (Å²) in [7, 11) is 0. The Labute approximate surface area is 131 Å². The van der Waals surface area contributed by atoms with Gasteiger partial charge in [0.05, 0.1) is 5.38 Å². The Hall–Kier alpha value is -1.09. The molecule has 0 spiro atoms. The molecule has 1 aliphatic carbocycles. The maximum atomic E-state index is 6.35. The van der Waals surface area contributed by atoms with Gasteiger partial charge in [0.2, 0.25) is 0 Å². The van der Waals surface area contributed by atoms with E-state index in [0.717, 1.165) is 41.1 Å². The van der Waals surface area contributed by atoms with E-state index in [4.69, 9.17) is 21.6 Å². The minimum absolute atomic E-state index is 0.0829. The second-order valence-electron chi connectivity index (χ2n) is 6.63. The van der Waals surface area contributed by atoms with Crippen molar-refractivity contribution in [2.45, 2.75) is 58.4 Å². The molecule has 0 bridgehead atoms. The van der Waals surface area contributed by atoms with Crippen molar-refractivity contribution in [1.82, 2.24) is 14.5 Å². The van der Waals surface area contributed by atoms with Crippen LogP contribution in [0, 0.1) is 18.8 Å². The smallest absolute Gasteiger partial charge is 0.160 e. The predicted octanol–water partition coefficient (Wildman–Crippen LogP) is 4.87. The molecule has 3 rings (SSSR count). The lowest BCUT2D eigenvalue weighted by Crippen LogP contribution is -2.20. The predicted molar refractivity (Wildman–Crippen MR) is 87.7 cm³/mol. The molecule has 1 saturated carbocycles. The van der Waals surface area contributed by atoms with Crippen LogP contribution in [0.4, 0.5) is 0 Å². The molecular formula is C17H24ClN3. The summed E-state index contributed by atoms with van der Waals surface area (Å²) in [6.45, 7) is 7.40. The molecule has 3 nitrogen and oxygen atoms in total. The highest BCUT2D eigenvalue weighted by Gasteiger charge is 2.23. The summed E-state index contributed by atoms with van der Waals surface area (Å²) < 4.78 is 2.27. The third kappa shape index (κ3) is 3.08. The van der Waals surface area contributed by atoms with Crippen LogP contribution in [0.1, 0.15) is 56.4 Å². The molecular weight excluding hydrogens is 282 g/mol. The van der Waals surface area contributed by atoms with Crippen LogP contribution in [0.5, 0.6) is 0 Å². The number of imidazole rings is 1. The van der Waals surface area contributed by atoms with Gasteiger partial charge in [-0.15, -0.1) is 11.6 Å². The number of nitrogens with zero attached hydrogens (tertiary/aromatic N) is 3. The number of hydrogen-bond acceptors (Lipinski definition) is 2. The molecule has 0 saturated heterocycles. The van der Waals surface area contributed by atoms with Gasteiger partial charge in [-0.05, 0) is 50.7 Å². The number of alkyl halides is 1. The minimum atomic E-state index is -0.0829. The zero-order valence-corrected chi connectivity index (χ0v) is 13.9. The average Bonchev–Trinajstić information content (AvgIpc) is 2.77. The molecule has 2 aromatic rings. The second-order valence-corrected chi connectivity index (χ2v) is 7.28. The largest absolute Gasteiger partial charge is 0.311 e. The van der Waals surface area contributed by atoms with Gasteiger partial charge in [0, 0.05) is 12.2 Å². The molecule has 21 heavy (non-hydrogen) atoms. The molecule has 0 amide bonds. The first-order valence-electron chi connectivity index (χ1n) is 8.02. The lowest BCUT2D eigenvalue weighted by molar-refractivity contribution is 0.256. The highest BCUT2D eigenvalue weighted by atomic mass is 35.5. The van der Waals surface area contributed by atoms with Gasteiger partial charge in [-0.1, -0.05) is 19.8 Å². The summed E-state index contributed by atoms with van der Waals surface area (Å²) >= 11 is 6.35. The second kappa shape index (κ2) is 5.96. The maximum Gasteiger partial charge on any atom is 0.160 e. The first kappa shape index (κ1) is 14.8. The Morgan fingerprint density at radius 3 is 2.86 bits per heavy atom. The van der Waals surface area contributed by atoms with E-state index in [1.807, 2.05) is 19.9 Å². The lowest BCUT2D eigenvalue weighted by Gasteiger charge is -2.27. The Morgan fingerprint density at radius 2 is 2.14 bits per heavy atom. The van der Waals surface area contributed by atoms with E-state index in [0.29, 0.717) is 0 Å². The summed E-state index contributed by atoms with van der Waals surface area (Å²) in [6, 6.07) is 4.07. The van der Waals surface area contributed by atoms with Crippen molar-refractivity contribution in [3.8, 4) is 0 Å². The first-order valence-corrected chi connectivity index (χ1v) is 8.46. The third-order valence-electron chi connectivity index (χ3n) is 4.60. The Bertz CT molecular complexity index is 632. The fourth-order valence-corrected chi connectivity index (χ4v) is 3.75. The minimum Gasteiger partial charge on any atom is -0.311 e. The van der Waals surface area contributed by atoms with Gasteiger partial charge in [0.15, 0.2) is 5.65 Å². The summed E-state index contributed by atoms with van der Waals surface area (Å²) in [5.74, 6) is 2.52. The quantitative estimate of drug-likeness (QED) is 0.758. The van der Waals surface area contributed by atoms with Gasteiger partial charge in [-0.25, -0.2) is 9.97 Å². The van der Waals surface area contributed by atoms with Crippen molar-refractivity contribution in [2.75, 3.05) is 0 Å². The molecule has 0 N–H and O–H groups in total. The fourth-order valence-electron chi connectivity index (χ4n) is 3.58. The summed E-state index contributed by atoms with van der Waals surface area (Å²) in [5.41, 5.74) is 3.00. The van der Waals surface area contributed by atoms with Gasteiger partial charge in [0.1, 0.15) is 11.3 Å². The molecule has 1 aliphatic rings. The molecule has 3 atom stereocenters. The van der Waals surface area contributed by atoms with Crippen LogP contribution in [0.3, 0.4) is 0 Å². The Morgan fingerprint density at radius 1 is 1.33 bits per heavy atom. The summed E-state index contributed by atoms with van der Waals surface area (Å²) in [4.78, 5) is 9.41. The summed E-state index contributed by atoms with van der Waals surface area (Å²) in [5, 5.41) is -0.0829. The van der Waals surface area contributed by atoms with Crippen LogP contribution < -0.4 is 0 Å². The Balaban J connectivity index is 1.98. The number of fused-ring (bicyclic) bond motifs is 1. The van der Waals surface area contributed by atoms with Crippen LogP contribution in [-0.4, -0.2) is 14.5 Å². The number of hydrogen-bond donors (Lipinski definition) is 0. The van der Waals surface area contributed by atoms with Crippen molar-refractivity contribution in [3.63, 3.8) is 0 Å². The normalized spacial score (nSPS) is 24.4. The van der Waals surface area contributed by atoms with Gasteiger partial charge < -0.3 is 4.57 Å². The Kier molecular flexibility index (Phi) is 4.21. The molecule has 0 aliphatic heterocycles. The van der Waals surface area contributed by atoms with E-state index >= 15 is 0 Å². The monoisotopic (exact) mass is 305 g/mol. The first-order chi connectivity index (χ1) is 10.0. The molecule has 4 heteroatoms. The molecule has 0 radical (unpaired) electrons. The highest BCUT2D eigenvalue weighted by Crippen LogP contribution is 2.32. The molecule has 3 unspecified atom stereocenters. The van der Waals surface area contributed by atoms with E-state index in [-0.39, 0.29) is 5.38 Å². The fraction of sp³-hybridized carbons (Fsp3) is 0.647. The summed E-state index contributed by atoms with van der Waals surface area (Å²) in [6.07, 6.45) is 5.33. The number of aryl methyl sites for hydroxylation is 1. The zero-order chi connectivity index (χ0) is 15.0. The number of aromatic nitrogens is 3. The van der Waals surface area contributed by atoms with E-state index in [1.54, 1.807) is 0 Å². The van der Waals surface area contributed by atoms with E-state index < -0.39 is 0 Å². The maximum absolute atomic E-state index is 6.35. The average molecular weight is 306 g/mol. The van der Waals surface area contributed by atoms with Crippen molar-refractivity contribution >= 4 is 22.8 Å². The van der Waals surface area contributed by atoms with Crippen LogP contribution in [0.15, 0.2) is 12.1 Å². The lowest BCUT2D eigenvalue weighted by atomic mass is 9.82. The van der Waals surface area contributed by atoms with Crippen molar-refractivity contribution in [1.29, 1.82) is 0 Å². The number of pyridine rings is 1. The molecule has 0 aromatic carbocycles. The third-order valence-corrected chi connectivity index (χ3v) is 4.80. The van der Waals surface area contributed by atoms with E-state index in [9.17, 15) is 0 Å². The van der Waals surface area contributed by atoms with Crippen LogP contribution in [0.25, 0.3) is 11.2 Å². The number of rotatable bonds is 3. The SMILES string of the molecule is Cc1ccc2nc(C(C)Cl)n(CC3CCCC(C)C3)c2n1. The van der Waals surface area contributed by atoms with Gasteiger partial charge >= 0.3 is 0 Å². The molecule has 114 valence electrons. The topological polar surface area (TPSA) is 30.7 Å². The van der Waals surface area contributed by atoms with Crippen LogP contribution in [-0.2, 0) is 6.54 Å². The van der Waals surface area contributed by atoms with Crippen LogP contribution >= 0.6 is 11.6 Å². The van der Waals surface area contributed by atoms with Crippen LogP contribution in [0.2, 0.25) is 0 Å². The van der Waals surface area contributed by atoms with Gasteiger partial charge in [-0.2, -0.15) is 0 Å². The van der Waals surface area contributed by atoms with E-state index in [2.05, 4.69) is 17.6 Å². The molecule has 2 aromatic heterocycles. The van der Waals surface area contributed by atoms with Gasteiger partial charge in [-0.3, -0.25) is 0 Å². The standard InChI is InChI=1S/C17H24ClN3/c1-11-5-4-6-14(9-11)10-21-16(13(3)18)20-15-8-7-12(2)19-17(15)21/h7-8,11,13-14H,4-6,9-10H2,1-3H3.